The highest BCUT2D eigenvalue weighted by Gasteiger charge is 2.44. The number of hydrogen-bond acceptors (Lipinski definition) is 5. The summed E-state index contributed by atoms with van der Waals surface area (Å²) in [4.78, 5) is 40.7. The van der Waals surface area contributed by atoms with Crippen molar-refractivity contribution in [2.75, 3.05) is 25.1 Å². The van der Waals surface area contributed by atoms with Gasteiger partial charge in [-0.2, -0.15) is 0 Å². The third-order valence-electron chi connectivity index (χ3n) is 6.78. The summed E-state index contributed by atoms with van der Waals surface area (Å²) in [7, 11) is 1.55. The first-order chi connectivity index (χ1) is 14.4. The quantitative estimate of drug-likeness (QED) is 0.717. The molecule has 1 aromatic rings. The third-order valence-corrected chi connectivity index (χ3v) is 6.78. The highest BCUT2D eigenvalue weighted by Crippen LogP contribution is 2.40. The summed E-state index contributed by atoms with van der Waals surface area (Å²) in [5.74, 6) is 0.410. The average molecular weight is 415 g/mol. The van der Waals surface area contributed by atoms with Crippen molar-refractivity contribution in [1.82, 2.24) is 10.2 Å². The molecule has 0 spiro atoms. The van der Waals surface area contributed by atoms with Crippen molar-refractivity contribution in [3.63, 3.8) is 0 Å². The highest BCUT2D eigenvalue weighted by atomic mass is 16.5. The number of hydrogen-bond donors (Lipinski definition) is 2. The molecule has 30 heavy (non-hydrogen) atoms. The Labute approximate surface area is 176 Å². The van der Waals surface area contributed by atoms with Crippen LogP contribution in [0.2, 0.25) is 0 Å². The average Bonchev–Trinajstić information content (AvgIpc) is 3.04. The number of nitrogens with one attached hydrogen (secondary N) is 1. The fourth-order valence-electron chi connectivity index (χ4n) is 4.93. The van der Waals surface area contributed by atoms with Gasteiger partial charge in [0, 0.05) is 25.4 Å². The number of benzene rings is 1. The minimum Gasteiger partial charge on any atom is -0.497 e. The second-order valence-electron chi connectivity index (χ2n) is 8.55. The Hall–Kier alpha value is -2.61. The van der Waals surface area contributed by atoms with Crippen LogP contribution in [0.1, 0.15) is 44.9 Å². The van der Waals surface area contributed by atoms with Crippen LogP contribution in [-0.4, -0.2) is 59.7 Å². The number of amides is 4. The topological polar surface area (TPSA) is 99.2 Å². The van der Waals surface area contributed by atoms with Gasteiger partial charge in [-0.1, -0.05) is 12.8 Å². The maximum atomic E-state index is 12.7. The monoisotopic (exact) mass is 415 g/mol. The van der Waals surface area contributed by atoms with E-state index < -0.39 is 17.7 Å². The van der Waals surface area contributed by atoms with Gasteiger partial charge in [0.2, 0.25) is 5.91 Å². The van der Waals surface area contributed by atoms with Gasteiger partial charge in [0.1, 0.15) is 11.8 Å². The van der Waals surface area contributed by atoms with Gasteiger partial charge in [-0.25, -0.2) is 9.69 Å². The van der Waals surface area contributed by atoms with Gasteiger partial charge in [0.25, 0.3) is 5.91 Å². The normalized spacial score (nSPS) is 28.9. The van der Waals surface area contributed by atoms with Gasteiger partial charge in [-0.15, -0.1) is 0 Å². The molecule has 2 heterocycles. The van der Waals surface area contributed by atoms with E-state index >= 15 is 0 Å². The molecule has 162 valence electrons. The molecule has 2 saturated heterocycles. The first-order valence-electron chi connectivity index (χ1n) is 10.7. The minimum absolute atomic E-state index is 0.0208. The smallest absolute Gasteiger partial charge is 0.329 e. The Morgan fingerprint density at radius 3 is 2.73 bits per heavy atom. The third kappa shape index (κ3) is 3.88. The molecule has 1 aliphatic carbocycles. The Morgan fingerprint density at radius 1 is 1.23 bits per heavy atom. The zero-order chi connectivity index (χ0) is 21.3. The summed E-state index contributed by atoms with van der Waals surface area (Å²) < 4.78 is 5.11. The van der Waals surface area contributed by atoms with Gasteiger partial charge in [-0.05, 0) is 49.9 Å². The van der Waals surface area contributed by atoms with E-state index in [-0.39, 0.29) is 30.6 Å². The lowest BCUT2D eigenvalue weighted by atomic mass is 9.71. The Morgan fingerprint density at radius 2 is 2.00 bits per heavy atom. The van der Waals surface area contributed by atoms with Crippen molar-refractivity contribution in [2.24, 2.45) is 5.92 Å². The number of methoxy groups -OCH3 is 1. The molecule has 4 amide bonds. The van der Waals surface area contributed by atoms with Gasteiger partial charge in [0.05, 0.1) is 18.4 Å². The van der Waals surface area contributed by atoms with Crippen molar-refractivity contribution >= 4 is 23.5 Å². The molecule has 0 aromatic heterocycles. The number of anilines is 1. The van der Waals surface area contributed by atoms with Crippen LogP contribution in [0.25, 0.3) is 0 Å². The molecular formula is C22H29N3O5. The minimum atomic E-state index is -0.708. The number of urea groups is 1. The van der Waals surface area contributed by atoms with Gasteiger partial charge in [-0.3, -0.25) is 9.59 Å². The van der Waals surface area contributed by atoms with E-state index in [0.29, 0.717) is 30.9 Å². The van der Waals surface area contributed by atoms with E-state index in [1.54, 1.807) is 31.4 Å². The Kier molecular flexibility index (Phi) is 5.69. The summed E-state index contributed by atoms with van der Waals surface area (Å²) in [6.07, 6.45) is 5.00. The summed E-state index contributed by atoms with van der Waals surface area (Å²) in [6, 6.07) is 5.50. The van der Waals surface area contributed by atoms with Crippen LogP contribution in [0, 0.1) is 5.92 Å². The molecule has 0 bridgehead atoms. The van der Waals surface area contributed by atoms with Gasteiger partial charge >= 0.3 is 6.03 Å². The van der Waals surface area contributed by atoms with Crippen LogP contribution >= 0.6 is 0 Å². The molecule has 8 heteroatoms. The summed E-state index contributed by atoms with van der Waals surface area (Å²) in [5.41, 5.74) is -0.150. The van der Waals surface area contributed by atoms with Crippen molar-refractivity contribution in [1.29, 1.82) is 0 Å². The molecular weight excluding hydrogens is 386 g/mol. The van der Waals surface area contributed by atoms with E-state index in [2.05, 4.69) is 5.32 Å². The SMILES string of the molecule is COc1ccc(N2C(=O)N[C@H](CCC(=O)N3CC[C@]4(O)CCCC[C@@H]4C3)C2=O)cc1. The maximum absolute atomic E-state index is 12.7. The predicted molar refractivity (Wildman–Crippen MR) is 110 cm³/mol. The van der Waals surface area contributed by atoms with Crippen LogP contribution in [0.15, 0.2) is 24.3 Å². The molecule has 3 aliphatic rings. The van der Waals surface area contributed by atoms with Gasteiger partial charge < -0.3 is 20.1 Å². The van der Waals surface area contributed by atoms with Gasteiger partial charge in [0.15, 0.2) is 0 Å². The zero-order valence-corrected chi connectivity index (χ0v) is 17.3. The van der Waals surface area contributed by atoms with Crippen LogP contribution in [0.5, 0.6) is 5.75 Å². The van der Waals surface area contributed by atoms with E-state index in [1.165, 1.54) is 0 Å². The largest absolute Gasteiger partial charge is 0.497 e. The second-order valence-corrected chi connectivity index (χ2v) is 8.55. The van der Waals surface area contributed by atoms with Crippen LogP contribution in [0.3, 0.4) is 0 Å². The standard InChI is InChI=1S/C22H29N3O5/c1-30-17-7-5-16(6-8-17)25-20(27)18(23-21(25)28)9-10-19(26)24-13-12-22(29)11-3-2-4-15(22)14-24/h5-8,15,18,29H,2-4,9-14H2,1H3,(H,23,28)/t15-,18-,22-/m1/s1. The van der Waals surface area contributed by atoms with E-state index in [1.807, 2.05) is 4.90 Å². The molecule has 4 rings (SSSR count). The molecule has 2 N–H and O–H groups in total. The lowest BCUT2D eigenvalue weighted by Crippen LogP contribution is -2.54. The van der Waals surface area contributed by atoms with Crippen molar-refractivity contribution in [2.45, 2.75) is 56.6 Å². The maximum Gasteiger partial charge on any atom is 0.329 e. The molecule has 8 nitrogen and oxygen atoms in total. The second kappa shape index (κ2) is 8.26. The molecule has 1 aromatic carbocycles. The number of rotatable bonds is 5. The van der Waals surface area contributed by atoms with E-state index in [0.717, 1.165) is 30.6 Å². The molecule has 3 fully saturated rings. The summed E-state index contributed by atoms with van der Waals surface area (Å²) >= 11 is 0. The fraction of sp³-hybridized carbons (Fsp3) is 0.591. The summed E-state index contributed by atoms with van der Waals surface area (Å²) in [5, 5.41) is 13.5. The van der Waals surface area contributed by atoms with Crippen LogP contribution in [0.4, 0.5) is 10.5 Å². The number of piperidine rings is 1. The van der Waals surface area contributed by atoms with Crippen molar-refractivity contribution < 1.29 is 24.2 Å². The first kappa shape index (κ1) is 20.7. The predicted octanol–water partition coefficient (Wildman–Crippen LogP) is 2.05. The Bertz CT molecular complexity index is 827. The number of carbonyl (C=O) groups is 3. The molecule has 1 saturated carbocycles. The number of nitrogens with zero attached hydrogens (tertiary/aromatic N) is 2. The molecule has 2 aliphatic heterocycles. The molecule has 0 unspecified atom stereocenters. The summed E-state index contributed by atoms with van der Waals surface area (Å²) in [6.45, 7) is 1.13. The van der Waals surface area contributed by atoms with E-state index in [4.69, 9.17) is 4.74 Å². The highest BCUT2D eigenvalue weighted by molar-refractivity contribution is 6.21. The number of aliphatic hydroxyl groups is 1. The van der Waals surface area contributed by atoms with E-state index in [9.17, 15) is 19.5 Å². The number of carbonyl (C=O) groups excluding carboxylic acids is 3. The molecule has 3 atom stereocenters. The van der Waals surface area contributed by atoms with Crippen molar-refractivity contribution in [3.8, 4) is 5.75 Å². The number of fused-ring (bicyclic) bond motifs is 1. The van der Waals surface area contributed by atoms with Crippen LogP contribution in [-0.2, 0) is 9.59 Å². The number of likely N-dealkylation sites (tertiary alicyclic amines) is 1. The van der Waals surface area contributed by atoms with Crippen LogP contribution < -0.4 is 15.0 Å². The lowest BCUT2D eigenvalue weighted by molar-refractivity contribution is -0.143. The first-order valence-corrected chi connectivity index (χ1v) is 10.7. The number of imide groups is 1. The Balaban J connectivity index is 1.33. The van der Waals surface area contributed by atoms with Crippen molar-refractivity contribution in [3.05, 3.63) is 24.3 Å². The fourth-order valence-corrected chi connectivity index (χ4v) is 4.93. The zero-order valence-electron chi connectivity index (χ0n) is 17.3. The lowest BCUT2D eigenvalue weighted by Gasteiger charge is -2.47. The molecule has 0 radical (unpaired) electrons. The number of ether oxygens (including phenoxy) is 1.